The Hall–Kier alpha value is -1.98. The largest absolute Gasteiger partial charge is 0.612 e. The van der Waals surface area contributed by atoms with Crippen molar-refractivity contribution in [1.29, 1.82) is 0 Å². The zero-order valence-corrected chi connectivity index (χ0v) is 12.9. The minimum atomic E-state index is -5.25. The summed E-state index contributed by atoms with van der Waals surface area (Å²) in [6, 6.07) is 4.08. The Morgan fingerprint density at radius 1 is 1.35 bits per heavy atom. The number of hydrogen-bond acceptors (Lipinski definition) is 7. The van der Waals surface area contributed by atoms with Gasteiger partial charge in [-0.3, -0.25) is 0 Å². The Bertz CT molecular complexity index is 746. The summed E-state index contributed by atoms with van der Waals surface area (Å²) in [7, 11) is 0. The number of aromatic nitrogens is 2. The fraction of sp³-hybridized carbons (Fsp3) is 0.167. The van der Waals surface area contributed by atoms with Crippen LogP contribution in [0.4, 0.5) is 13.2 Å². The summed E-state index contributed by atoms with van der Waals surface area (Å²) >= 11 is -0.520. The average molecular weight is 364 g/mol. The third kappa shape index (κ3) is 4.27. The second-order valence-corrected chi connectivity index (χ2v) is 6.53. The molecule has 0 fully saturated rings. The molecule has 23 heavy (non-hydrogen) atoms. The van der Waals surface area contributed by atoms with Crippen LogP contribution in [0.1, 0.15) is 9.67 Å². The lowest BCUT2D eigenvalue weighted by atomic mass is 10.3. The van der Waals surface area contributed by atoms with Crippen molar-refractivity contribution in [2.45, 2.75) is 11.1 Å². The van der Waals surface area contributed by atoms with Crippen LogP contribution in [0.2, 0.25) is 0 Å². The molecule has 6 nitrogen and oxygen atoms in total. The van der Waals surface area contributed by atoms with Crippen molar-refractivity contribution in [1.82, 2.24) is 10.2 Å². The second kappa shape index (κ2) is 6.64. The first-order valence-corrected chi connectivity index (χ1v) is 8.15. The maximum atomic E-state index is 12.0. The summed E-state index contributed by atoms with van der Waals surface area (Å²) in [4.78, 5) is 22.7. The lowest BCUT2D eigenvalue weighted by molar-refractivity contribution is -0.193. The third-order valence-electron chi connectivity index (χ3n) is 2.44. The highest BCUT2D eigenvalue weighted by molar-refractivity contribution is 7.90. The highest BCUT2D eigenvalue weighted by Crippen LogP contribution is 2.28. The van der Waals surface area contributed by atoms with Gasteiger partial charge < -0.3 is 9.29 Å². The van der Waals surface area contributed by atoms with Crippen molar-refractivity contribution in [2.75, 3.05) is 6.26 Å². The number of alkyl halides is 3. The molecule has 0 aliphatic carbocycles. The number of ether oxygens (including phenoxy) is 1. The van der Waals surface area contributed by atoms with E-state index in [2.05, 4.69) is 14.9 Å². The Labute approximate surface area is 134 Å². The van der Waals surface area contributed by atoms with Crippen molar-refractivity contribution in [3.8, 4) is 10.6 Å². The molecule has 0 saturated carbocycles. The van der Waals surface area contributed by atoms with Crippen LogP contribution in [0.15, 0.2) is 29.3 Å². The van der Waals surface area contributed by atoms with E-state index in [1.54, 1.807) is 0 Å². The molecule has 0 saturated heterocycles. The molecule has 2 heterocycles. The highest BCUT2D eigenvalue weighted by Gasteiger charge is 2.42. The average Bonchev–Trinajstić information content (AvgIpc) is 2.96. The van der Waals surface area contributed by atoms with Gasteiger partial charge in [0.15, 0.2) is 4.90 Å². The van der Waals surface area contributed by atoms with Gasteiger partial charge in [0.2, 0.25) is 0 Å². The first kappa shape index (κ1) is 17.4. The lowest BCUT2D eigenvalue weighted by Crippen LogP contribution is -2.27. The molecule has 2 rings (SSSR count). The van der Waals surface area contributed by atoms with Gasteiger partial charge in [0.1, 0.15) is 23.0 Å². The monoisotopic (exact) mass is 364 g/mol. The number of halogens is 3. The topological polar surface area (TPSA) is 92.2 Å². The first-order valence-electron chi connectivity index (χ1n) is 5.78. The van der Waals surface area contributed by atoms with Gasteiger partial charge in [-0.15, -0.1) is 16.4 Å². The number of carbonyl (C=O) groups excluding carboxylic acids is 2. The predicted molar refractivity (Wildman–Crippen MR) is 74.2 cm³/mol. The molecule has 0 N–H and O–H groups in total. The Morgan fingerprint density at radius 3 is 2.65 bits per heavy atom. The maximum Gasteiger partial charge on any atom is 0.491 e. The van der Waals surface area contributed by atoms with E-state index in [4.69, 9.17) is 0 Å². The Morgan fingerprint density at radius 2 is 2.04 bits per heavy atom. The normalized spacial score (nSPS) is 12.7. The molecule has 0 aromatic carbocycles. The van der Waals surface area contributed by atoms with Crippen molar-refractivity contribution in [2.24, 2.45) is 0 Å². The second-order valence-electron chi connectivity index (χ2n) is 4.07. The first-order chi connectivity index (χ1) is 10.7. The molecule has 1 unspecified atom stereocenters. The van der Waals surface area contributed by atoms with Crippen LogP contribution in [0.3, 0.4) is 0 Å². The molecule has 2 aromatic rings. The smallest absolute Gasteiger partial charge is 0.491 e. The molecule has 0 spiro atoms. The quantitative estimate of drug-likeness (QED) is 0.471. The fourth-order valence-electron chi connectivity index (χ4n) is 1.40. The SMILES string of the molecule is C[S+]([O-])c1cnnc(-c2ccc(C(=O)OC(=O)C(F)(F)F)s2)c1. The molecule has 122 valence electrons. The number of nitrogens with zero attached hydrogens (tertiary/aromatic N) is 2. The molecule has 0 aliphatic heterocycles. The van der Waals surface area contributed by atoms with E-state index < -0.39 is 29.3 Å². The number of rotatable bonds is 3. The number of thiophene rings is 1. The zero-order chi connectivity index (χ0) is 17.2. The summed E-state index contributed by atoms with van der Waals surface area (Å²) in [5.74, 6) is -3.99. The standard InChI is InChI=1S/C12H7F3N2O4S2/c1-23(20)6-4-7(17-16-5-6)8-2-3-9(22-8)10(18)21-11(19)12(13,14)15/h2-5H,1H3. The van der Waals surface area contributed by atoms with Gasteiger partial charge in [-0.25, -0.2) is 9.59 Å². The number of hydrogen-bond donors (Lipinski definition) is 0. The molecular weight excluding hydrogens is 357 g/mol. The van der Waals surface area contributed by atoms with Crippen molar-refractivity contribution >= 4 is 34.5 Å². The van der Waals surface area contributed by atoms with Crippen LogP contribution in [0.25, 0.3) is 10.6 Å². The Balaban J connectivity index is 2.19. The van der Waals surface area contributed by atoms with Gasteiger partial charge in [0.05, 0.1) is 4.88 Å². The van der Waals surface area contributed by atoms with Crippen LogP contribution < -0.4 is 0 Å². The fourth-order valence-corrected chi connectivity index (χ4v) is 2.72. The summed E-state index contributed by atoms with van der Waals surface area (Å²) in [5.41, 5.74) is 0.295. The zero-order valence-electron chi connectivity index (χ0n) is 11.3. The third-order valence-corrected chi connectivity index (χ3v) is 4.41. The van der Waals surface area contributed by atoms with E-state index in [1.165, 1.54) is 30.7 Å². The predicted octanol–water partition coefficient (Wildman–Crippen LogP) is 2.19. The molecule has 1 atom stereocenters. The summed E-state index contributed by atoms with van der Waals surface area (Å²) in [5, 5.41) is 7.45. The van der Waals surface area contributed by atoms with E-state index in [9.17, 15) is 27.3 Å². The maximum absolute atomic E-state index is 12.0. The molecule has 2 aromatic heterocycles. The molecule has 11 heteroatoms. The van der Waals surface area contributed by atoms with E-state index in [-0.39, 0.29) is 4.88 Å². The van der Waals surface area contributed by atoms with Crippen LogP contribution in [-0.4, -0.2) is 39.1 Å². The van der Waals surface area contributed by atoms with Crippen LogP contribution in [0.5, 0.6) is 0 Å². The summed E-state index contributed by atoms with van der Waals surface area (Å²) in [6.07, 6.45) is -2.49. The number of carbonyl (C=O) groups is 2. The van der Waals surface area contributed by atoms with Crippen molar-refractivity contribution in [3.05, 3.63) is 29.3 Å². The minimum Gasteiger partial charge on any atom is -0.612 e. The van der Waals surface area contributed by atoms with Gasteiger partial charge in [-0.2, -0.15) is 18.3 Å². The molecule has 0 bridgehead atoms. The molecule has 0 aliphatic rings. The van der Waals surface area contributed by atoms with Gasteiger partial charge >= 0.3 is 18.1 Å². The summed E-state index contributed by atoms with van der Waals surface area (Å²) in [6.45, 7) is 0. The van der Waals surface area contributed by atoms with Crippen molar-refractivity contribution in [3.63, 3.8) is 0 Å². The van der Waals surface area contributed by atoms with Crippen LogP contribution in [0, 0.1) is 0 Å². The highest BCUT2D eigenvalue weighted by atomic mass is 32.2. The van der Waals surface area contributed by atoms with E-state index in [0.29, 0.717) is 15.5 Å². The molecule has 0 radical (unpaired) electrons. The molecular formula is C12H7F3N2O4S2. The van der Waals surface area contributed by atoms with Crippen LogP contribution in [-0.2, 0) is 20.7 Å². The minimum absolute atomic E-state index is 0.206. The number of esters is 2. The Kier molecular flexibility index (Phi) is 5.02. The van der Waals surface area contributed by atoms with E-state index in [1.807, 2.05) is 0 Å². The summed E-state index contributed by atoms with van der Waals surface area (Å²) < 4.78 is 51.3. The van der Waals surface area contributed by atoms with Crippen LogP contribution >= 0.6 is 11.3 Å². The van der Waals surface area contributed by atoms with Gasteiger partial charge in [0, 0.05) is 6.07 Å². The van der Waals surface area contributed by atoms with Gasteiger partial charge in [-0.1, -0.05) is 0 Å². The van der Waals surface area contributed by atoms with Gasteiger partial charge in [0.25, 0.3) is 0 Å². The van der Waals surface area contributed by atoms with E-state index >= 15 is 0 Å². The van der Waals surface area contributed by atoms with E-state index in [0.717, 1.165) is 11.3 Å². The van der Waals surface area contributed by atoms with Crippen molar-refractivity contribution < 1.29 is 32.0 Å². The molecule has 0 amide bonds. The van der Waals surface area contributed by atoms with Gasteiger partial charge in [-0.05, 0) is 23.3 Å². The lowest BCUT2D eigenvalue weighted by Gasteiger charge is -2.04.